The third kappa shape index (κ3) is 3.46. The summed E-state index contributed by atoms with van der Waals surface area (Å²) in [6.45, 7) is 0.649. The minimum atomic E-state index is -0.900. The van der Waals surface area contributed by atoms with E-state index in [4.69, 9.17) is 22.4 Å². The molecule has 1 atom stereocenters. The molecule has 0 fully saturated rings. The number of aliphatic carboxylic acids is 1. The quantitative estimate of drug-likeness (QED) is 0.823. The Bertz CT molecular complexity index is 343. The molecule has 0 aliphatic rings. The fourth-order valence-electron chi connectivity index (χ4n) is 1.26. The van der Waals surface area contributed by atoms with Gasteiger partial charge in [0.25, 0.3) is 0 Å². The smallest absolute Gasteiger partial charge is 0.322 e. The molecule has 6 heteroatoms. The van der Waals surface area contributed by atoms with Gasteiger partial charge >= 0.3 is 5.97 Å². The van der Waals surface area contributed by atoms with Crippen LogP contribution in [0, 0.1) is 0 Å². The molecule has 0 amide bonds. The summed E-state index contributed by atoms with van der Waals surface area (Å²) < 4.78 is 0.707. The number of carboxylic acid groups (broad SMARTS) is 1. The molecule has 0 aliphatic heterocycles. The van der Waals surface area contributed by atoms with Gasteiger partial charge in [-0.1, -0.05) is 11.6 Å². The molecule has 1 aromatic heterocycles. The molecule has 84 valence electrons. The Kier molecular flexibility index (Phi) is 4.53. The molecule has 0 radical (unpaired) electrons. The largest absolute Gasteiger partial charge is 0.480 e. The van der Waals surface area contributed by atoms with Crippen LogP contribution in [0.2, 0.25) is 4.34 Å². The van der Waals surface area contributed by atoms with Gasteiger partial charge in [0, 0.05) is 18.0 Å². The van der Waals surface area contributed by atoms with Crippen LogP contribution in [0.15, 0.2) is 12.1 Å². The maximum absolute atomic E-state index is 10.8. The van der Waals surface area contributed by atoms with Crippen molar-refractivity contribution >= 4 is 28.9 Å². The summed E-state index contributed by atoms with van der Waals surface area (Å²) in [4.78, 5) is 13.6. The SMILES string of the molecule is CN(Cc1ccc(Cl)s1)C(CN)C(=O)O. The highest BCUT2D eigenvalue weighted by molar-refractivity contribution is 7.16. The Balaban J connectivity index is 2.61. The molecule has 0 aliphatic carbocycles. The molecule has 0 saturated carbocycles. The monoisotopic (exact) mass is 248 g/mol. The lowest BCUT2D eigenvalue weighted by molar-refractivity contribution is -0.142. The lowest BCUT2D eigenvalue weighted by atomic mass is 10.2. The molecule has 1 rings (SSSR count). The first kappa shape index (κ1) is 12.4. The highest BCUT2D eigenvalue weighted by atomic mass is 35.5. The number of nitrogens with zero attached hydrogens (tertiary/aromatic N) is 1. The van der Waals surface area contributed by atoms with E-state index in [1.54, 1.807) is 18.0 Å². The van der Waals surface area contributed by atoms with Crippen LogP contribution in [-0.2, 0) is 11.3 Å². The summed E-state index contributed by atoms with van der Waals surface area (Å²) in [6, 6.07) is 3.04. The van der Waals surface area contributed by atoms with Crippen LogP contribution >= 0.6 is 22.9 Å². The molecule has 0 saturated heterocycles. The van der Waals surface area contributed by atoms with Crippen molar-refractivity contribution in [2.24, 2.45) is 5.73 Å². The van der Waals surface area contributed by atoms with Crippen molar-refractivity contribution in [3.05, 3.63) is 21.3 Å². The van der Waals surface area contributed by atoms with Gasteiger partial charge in [-0.25, -0.2) is 0 Å². The fraction of sp³-hybridized carbons (Fsp3) is 0.444. The first-order valence-electron chi connectivity index (χ1n) is 4.42. The van der Waals surface area contributed by atoms with E-state index in [1.807, 2.05) is 6.07 Å². The van der Waals surface area contributed by atoms with Crippen molar-refractivity contribution in [2.45, 2.75) is 12.6 Å². The van der Waals surface area contributed by atoms with E-state index in [9.17, 15) is 4.79 Å². The van der Waals surface area contributed by atoms with Crippen molar-refractivity contribution in [2.75, 3.05) is 13.6 Å². The van der Waals surface area contributed by atoms with Crippen LogP contribution in [0.1, 0.15) is 4.88 Å². The van der Waals surface area contributed by atoms with Crippen LogP contribution in [0.4, 0.5) is 0 Å². The molecule has 1 unspecified atom stereocenters. The molecule has 4 nitrogen and oxygen atoms in total. The summed E-state index contributed by atoms with van der Waals surface area (Å²) in [5, 5.41) is 8.88. The molecule has 1 aromatic rings. The number of carbonyl (C=O) groups is 1. The van der Waals surface area contributed by atoms with E-state index in [2.05, 4.69) is 0 Å². The number of thiophene rings is 1. The first-order chi connectivity index (χ1) is 7.04. The number of hydrogen-bond donors (Lipinski definition) is 2. The van der Waals surface area contributed by atoms with Crippen molar-refractivity contribution in [1.82, 2.24) is 4.90 Å². The second kappa shape index (κ2) is 5.46. The fourth-order valence-corrected chi connectivity index (χ4v) is 2.41. The number of nitrogens with two attached hydrogens (primary N) is 1. The molecule has 1 heterocycles. The predicted octanol–water partition coefficient (Wildman–Crippen LogP) is 1.25. The Morgan fingerprint density at radius 2 is 2.40 bits per heavy atom. The van der Waals surface area contributed by atoms with Crippen LogP contribution < -0.4 is 5.73 Å². The minimum Gasteiger partial charge on any atom is -0.480 e. The Labute approximate surface area is 97.3 Å². The maximum Gasteiger partial charge on any atom is 0.322 e. The summed E-state index contributed by atoms with van der Waals surface area (Å²) in [7, 11) is 1.74. The number of carboxylic acids is 1. The summed E-state index contributed by atoms with van der Waals surface area (Å²) in [6.07, 6.45) is 0. The van der Waals surface area contributed by atoms with E-state index in [-0.39, 0.29) is 6.54 Å². The van der Waals surface area contributed by atoms with E-state index < -0.39 is 12.0 Å². The Morgan fingerprint density at radius 1 is 1.73 bits per heavy atom. The molecule has 3 N–H and O–H groups in total. The van der Waals surface area contributed by atoms with E-state index >= 15 is 0 Å². The lowest BCUT2D eigenvalue weighted by Crippen LogP contribution is -2.43. The van der Waals surface area contributed by atoms with Crippen LogP contribution in [-0.4, -0.2) is 35.6 Å². The van der Waals surface area contributed by atoms with Crippen LogP contribution in [0.5, 0.6) is 0 Å². The van der Waals surface area contributed by atoms with Gasteiger partial charge in [0.1, 0.15) is 6.04 Å². The van der Waals surface area contributed by atoms with Crippen LogP contribution in [0.25, 0.3) is 0 Å². The summed E-state index contributed by atoms with van der Waals surface area (Å²) in [5.41, 5.74) is 5.39. The van der Waals surface area contributed by atoms with Gasteiger partial charge in [-0.2, -0.15) is 0 Å². The zero-order valence-corrected chi connectivity index (χ0v) is 9.88. The second-order valence-corrected chi connectivity index (χ2v) is 5.01. The predicted molar refractivity (Wildman–Crippen MR) is 61.3 cm³/mol. The Morgan fingerprint density at radius 3 is 2.80 bits per heavy atom. The molecule has 0 bridgehead atoms. The molecule has 15 heavy (non-hydrogen) atoms. The molecule has 0 spiro atoms. The van der Waals surface area contributed by atoms with Gasteiger partial charge in [0.15, 0.2) is 0 Å². The average Bonchev–Trinajstić information content (AvgIpc) is 2.51. The van der Waals surface area contributed by atoms with Gasteiger partial charge in [-0.15, -0.1) is 11.3 Å². The molecule has 0 aromatic carbocycles. The standard InChI is InChI=1S/C9H13ClN2O2S/c1-12(7(4-11)9(13)14)5-6-2-3-8(10)15-6/h2-3,7H,4-5,11H2,1H3,(H,13,14). The zero-order valence-electron chi connectivity index (χ0n) is 8.31. The average molecular weight is 249 g/mol. The topological polar surface area (TPSA) is 66.6 Å². The third-order valence-corrected chi connectivity index (χ3v) is 3.29. The summed E-state index contributed by atoms with van der Waals surface area (Å²) >= 11 is 7.22. The first-order valence-corrected chi connectivity index (χ1v) is 5.61. The summed E-state index contributed by atoms with van der Waals surface area (Å²) in [5.74, 6) is -0.900. The van der Waals surface area contributed by atoms with Gasteiger partial charge in [0.05, 0.1) is 4.34 Å². The third-order valence-electron chi connectivity index (χ3n) is 2.07. The van der Waals surface area contributed by atoms with E-state index in [0.29, 0.717) is 10.9 Å². The maximum atomic E-state index is 10.8. The van der Waals surface area contributed by atoms with Crippen LogP contribution in [0.3, 0.4) is 0 Å². The number of halogens is 1. The minimum absolute atomic E-state index is 0.102. The lowest BCUT2D eigenvalue weighted by Gasteiger charge is -2.22. The molecular formula is C9H13ClN2O2S. The number of rotatable bonds is 5. The van der Waals surface area contributed by atoms with Crippen molar-refractivity contribution in [3.8, 4) is 0 Å². The Hall–Kier alpha value is -0.620. The van der Waals surface area contributed by atoms with Gasteiger partial charge in [-0.3, -0.25) is 9.69 Å². The van der Waals surface area contributed by atoms with E-state index in [0.717, 1.165) is 4.88 Å². The van der Waals surface area contributed by atoms with Crippen molar-refractivity contribution in [3.63, 3.8) is 0 Å². The van der Waals surface area contributed by atoms with Crippen molar-refractivity contribution < 1.29 is 9.90 Å². The normalized spacial score (nSPS) is 13.1. The molecular weight excluding hydrogens is 236 g/mol. The highest BCUT2D eigenvalue weighted by Crippen LogP contribution is 2.22. The van der Waals surface area contributed by atoms with Gasteiger partial charge in [0.2, 0.25) is 0 Å². The number of likely N-dealkylation sites (N-methyl/N-ethyl adjacent to an activating group) is 1. The van der Waals surface area contributed by atoms with Crippen molar-refractivity contribution in [1.29, 1.82) is 0 Å². The highest BCUT2D eigenvalue weighted by Gasteiger charge is 2.20. The zero-order chi connectivity index (χ0) is 11.4. The van der Waals surface area contributed by atoms with Gasteiger partial charge in [-0.05, 0) is 19.2 Å². The second-order valence-electron chi connectivity index (χ2n) is 3.21. The van der Waals surface area contributed by atoms with Gasteiger partial charge < -0.3 is 10.8 Å². The number of hydrogen-bond acceptors (Lipinski definition) is 4. The van der Waals surface area contributed by atoms with E-state index in [1.165, 1.54) is 11.3 Å².